The fourth-order valence-electron chi connectivity index (χ4n) is 8.31. The summed E-state index contributed by atoms with van der Waals surface area (Å²) < 4.78 is 55.3. The Labute approximate surface area is 383 Å². The molecule has 6 atom stereocenters. The van der Waals surface area contributed by atoms with Gasteiger partial charge in [-0.15, -0.1) is 0 Å². The van der Waals surface area contributed by atoms with Crippen molar-refractivity contribution in [3.8, 4) is 0 Å². The number of esters is 2. The topological polar surface area (TPSA) is 195 Å². The zero-order valence-electron chi connectivity index (χ0n) is 38.5. The van der Waals surface area contributed by atoms with Crippen LogP contribution in [-0.2, 0) is 56.0 Å². The van der Waals surface area contributed by atoms with Crippen molar-refractivity contribution >= 4 is 28.2 Å². The van der Waals surface area contributed by atoms with E-state index >= 15 is 0 Å². The Hall–Kier alpha value is -3.40. The molecule has 3 rings (SSSR count). The van der Waals surface area contributed by atoms with Crippen LogP contribution in [-0.4, -0.2) is 84.4 Å². The molecule has 1 amide bonds. The fraction of sp³-hybridized carbons (Fsp3) is 0.700. The second-order valence-electron chi connectivity index (χ2n) is 17.4. The molecule has 2 aromatic carbocycles. The van der Waals surface area contributed by atoms with Crippen molar-refractivity contribution in [3.05, 3.63) is 71.8 Å². The Morgan fingerprint density at radius 1 is 0.656 bits per heavy atom. The van der Waals surface area contributed by atoms with Gasteiger partial charge >= 0.3 is 22.3 Å². The van der Waals surface area contributed by atoms with Crippen molar-refractivity contribution < 1.29 is 56.0 Å². The standard InChI is InChI=1S/C50H79NO12S/c1-2-3-4-5-6-7-8-15-26-35-42(60-45(54)36-27-16-11-9-13-20-29-40-31-22-18-23-32-40)38-44(53)51-47-49(48(63-64(57,58)59)43(39-52)61-50(47)56)62-46(55)37-28-17-12-10-14-21-30-41-33-24-19-25-34-41/h18-19,22-25,31-34,42-43,47-50,52,56H,2-17,20-21,26-30,35-39H2,1H3,(H,51,53)(H,57,58,59)/t42-,43+,47+,48+,49+,50?/m0/s1. The fourth-order valence-corrected chi connectivity index (χ4v) is 8.82. The molecular weight excluding hydrogens is 839 g/mol. The number of aliphatic hydroxyl groups excluding tert-OH is 2. The molecule has 1 aliphatic heterocycles. The third kappa shape index (κ3) is 24.8. The highest BCUT2D eigenvalue weighted by atomic mass is 32.3. The molecule has 0 radical (unpaired) electrons. The minimum Gasteiger partial charge on any atom is -0.462 e. The van der Waals surface area contributed by atoms with Crippen LogP contribution in [0, 0.1) is 0 Å². The van der Waals surface area contributed by atoms with Crippen molar-refractivity contribution in [1.82, 2.24) is 5.32 Å². The number of hydrogen-bond donors (Lipinski definition) is 4. The maximum absolute atomic E-state index is 13.7. The van der Waals surface area contributed by atoms with Crippen LogP contribution in [0.4, 0.5) is 0 Å². The van der Waals surface area contributed by atoms with E-state index in [1.165, 1.54) is 43.2 Å². The van der Waals surface area contributed by atoms with Crippen LogP contribution in [0.1, 0.15) is 179 Å². The maximum Gasteiger partial charge on any atom is 0.397 e. The summed E-state index contributed by atoms with van der Waals surface area (Å²) in [4.78, 5) is 40.0. The predicted molar refractivity (Wildman–Crippen MR) is 247 cm³/mol. The molecule has 362 valence electrons. The number of ether oxygens (including phenoxy) is 3. The lowest BCUT2D eigenvalue weighted by Gasteiger charge is -2.43. The van der Waals surface area contributed by atoms with Gasteiger partial charge in [0.25, 0.3) is 0 Å². The third-order valence-electron chi connectivity index (χ3n) is 11.9. The van der Waals surface area contributed by atoms with Crippen molar-refractivity contribution in [2.24, 2.45) is 0 Å². The summed E-state index contributed by atoms with van der Waals surface area (Å²) in [6, 6.07) is 19.1. The Balaban J connectivity index is 1.55. The summed E-state index contributed by atoms with van der Waals surface area (Å²) >= 11 is 0. The number of rotatable bonds is 36. The number of aryl methyl sites for hydroxylation is 2. The zero-order chi connectivity index (χ0) is 46.3. The number of benzene rings is 2. The van der Waals surface area contributed by atoms with E-state index in [1.807, 2.05) is 24.3 Å². The van der Waals surface area contributed by atoms with Gasteiger partial charge in [0.2, 0.25) is 5.91 Å². The molecular formula is C50H79NO12S. The summed E-state index contributed by atoms with van der Waals surface area (Å²) in [6.45, 7) is 1.33. The summed E-state index contributed by atoms with van der Waals surface area (Å²) in [5.74, 6) is -1.81. The highest BCUT2D eigenvalue weighted by molar-refractivity contribution is 7.80. The van der Waals surface area contributed by atoms with E-state index in [-0.39, 0.29) is 19.3 Å². The molecule has 0 spiro atoms. The van der Waals surface area contributed by atoms with E-state index in [1.54, 1.807) is 0 Å². The number of amides is 1. The van der Waals surface area contributed by atoms with Gasteiger partial charge in [0.1, 0.15) is 24.4 Å². The van der Waals surface area contributed by atoms with E-state index in [9.17, 15) is 37.6 Å². The molecule has 1 unspecified atom stereocenters. The van der Waals surface area contributed by atoms with Crippen LogP contribution in [0.25, 0.3) is 0 Å². The second-order valence-corrected chi connectivity index (χ2v) is 18.5. The summed E-state index contributed by atoms with van der Waals surface area (Å²) in [5.41, 5.74) is 2.64. The number of carbonyl (C=O) groups is 3. The number of unbranched alkanes of at least 4 members (excludes halogenated alkanes) is 18. The molecule has 1 heterocycles. The van der Waals surface area contributed by atoms with Crippen molar-refractivity contribution in [1.29, 1.82) is 0 Å². The van der Waals surface area contributed by atoms with E-state index in [2.05, 4.69) is 48.6 Å². The highest BCUT2D eigenvalue weighted by Gasteiger charge is 2.50. The maximum atomic E-state index is 13.7. The SMILES string of the molecule is CCCCCCCCCCC[C@@H](CC(=O)N[C@H]1C(O)O[C@H](CO)[C@@H](OS(=O)(=O)O)[C@@H]1OC(=O)CCCCCCCCc1ccccc1)OC(=O)CCCCCCCCc1ccccc1. The number of nitrogens with one attached hydrogen (secondary N) is 1. The van der Waals surface area contributed by atoms with Crippen molar-refractivity contribution in [2.45, 2.75) is 217 Å². The lowest BCUT2D eigenvalue weighted by molar-refractivity contribution is -0.254. The Kier molecular flexibility index (Phi) is 28.4. The Bertz CT molecular complexity index is 1650. The summed E-state index contributed by atoms with van der Waals surface area (Å²) in [7, 11) is -5.17. The van der Waals surface area contributed by atoms with Crippen LogP contribution >= 0.6 is 0 Å². The monoisotopic (exact) mass is 918 g/mol. The van der Waals surface area contributed by atoms with Gasteiger partial charge in [0.05, 0.1) is 13.0 Å². The first kappa shape index (κ1) is 54.9. The van der Waals surface area contributed by atoms with Crippen molar-refractivity contribution in [2.75, 3.05) is 6.61 Å². The van der Waals surface area contributed by atoms with Crippen LogP contribution in [0.5, 0.6) is 0 Å². The van der Waals surface area contributed by atoms with Gasteiger partial charge in [-0.2, -0.15) is 8.42 Å². The van der Waals surface area contributed by atoms with Gasteiger partial charge < -0.3 is 29.7 Å². The minimum atomic E-state index is -5.17. The molecule has 1 aliphatic rings. The molecule has 0 bridgehead atoms. The summed E-state index contributed by atoms with van der Waals surface area (Å²) in [5, 5.41) is 23.6. The molecule has 1 fully saturated rings. The van der Waals surface area contributed by atoms with Crippen LogP contribution in [0.15, 0.2) is 60.7 Å². The third-order valence-corrected chi connectivity index (χ3v) is 12.4. The first-order valence-corrected chi connectivity index (χ1v) is 25.7. The molecule has 0 aliphatic carbocycles. The summed E-state index contributed by atoms with van der Waals surface area (Å²) in [6.07, 6.45) is 15.7. The highest BCUT2D eigenvalue weighted by Crippen LogP contribution is 2.28. The van der Waals surface area contributed by atoms with Gasteiger partial charge in [-0.05, 0) is 62.5 Å². The van der Waals surface area contributed by atoms with E-state index in [0.717, 1.165) is 103 Å². The largest absolute Gasteiger partial charge is 0.462 e. The molecule has 0 aromatic heterocycles. The first-order valence-electron chi connectivity index (χ1n) is 24.3. The van der Waals surface area contributed by atoms with E-state index in [0.29, 0.717) is 19.3 Å². The smallest absolute Gasteiger partial charge is 0.397 e. The molecule has 14 heteroatoms. The molecule has 0 saturated carbocycles. The average molecular weight is 918 g/mol. The quantitative estimate of drug-likeness (QED) is 0.0288. The normalized spacial score (nSPS) is 19.2. The number of hydrogen-bond acceptors (Lipinski definition) is 11. The number of carbonyl (C=O) groups excluding carboxylic acids is 3. The molecule has 2 aromatic rings. The molecule has 4 N–H and O–H groups in total. The predicted octanol–water partition coefficient (Wildman–Crippen LogP) is 9.45. The van der Waals surface area contributed by atoms with Crippen LogP contribution in [0.3, 0.4) is 0 Å². The minimum absolute atomic E-state index is 0.0362. The Morgan fingerprint density at radius 3 is 1.62 bits per heavy atom. The first-order chi connectivity index (χ1) is 31.0. The molecule has 1 saturated heterocycles. The lowest BCUT2D eigenvalue weighted by Crippen LogP contribution is -2.66. The van der Waals surface area contributed by atoms with E-state index < -0.39 is 71.6 Å². The Morgan fingerprint density at radius 2 is 1.12 bits per heavy atom. The van der Waals surface area contributed by atoms with Gasteiger partial charge in [-0.3, -0.25) is 18.9 Å². The van der Waals surface area contributed by atoms with Crippen LogP contribution in [0.2, 0.25) is 0 Å². The number of aliphatic hydroxyl groups is 2. The van der Waals surface area contributed by atoms with Gasteiger partial charge in [0.15, 0.2) is 12.4 Å². The lowest BCUT2D eigenvalue weighted by atomic mass is 9.96. The van der Waals surface area contributed by atoms with Gasteiger partial charge in [-0.1, -0.05) is 170 Å². The van der Waals surface area contributed by atoms with Gasteiger partial charge in [0, 0.05) is 12.8 Å². The van der Waals surface area contributed by atoms with Crippen LogP contribution < -0.4 is 5.32 Å². The molecule has 13 nitrogen and oxygen atoms in total. The second kappa shape index (κ2) is 33.1. The van der Waals surface area contributed by atoms with Crippen molar-refractivity contribution in [3.63, 3.8) is 0 Å². The zero-order valence-corrected chi connectivity index (χ0v) is 39.3. The molecule has 64 heavy (non-hydrogen) atoms. The average Bonchev–Trinajstić information content (AvgIpc) is 3.27. The van der Waals surface area contributed by atoms with E-state index in [4.69, 9.17) is 18.4 Å². The van der Waals surface area contributed by atoms with Gasteiger partial charge in [-0.25, -0.2) is 4.18 Å².